The fraction of sp³-hybridized carbons (Fsp3) is 0.778. The summed E-state index contributed by atoms with van der Waals surface area (Å²) < 4.78 is 0. The average molecular weight is 227 g/mol. The van der Waals surface area contributed by atoms with Crippen LogP contribution in [0.5, 0.6) is 0 Å². The van der Waals surface area contributed by atoms with Gasteiger partial charge in [-0.25, -0.2) is 0 Å². The van der Waals surface area contributed by atoms with Gasteiger partial charge in [0.25, 0.3) is 0 Å². The van der Waals surface area contributed by atoms with Gasteiger partial charge in [0.15, 0.2) is 5.66 Å². The molecule has 15 heavy (non-hydrogen) atoms. The maximum absolute atomic E-state index is 11.5. The highest BCUT2D eigenvalue weighted by Crippen LogP contribution is 2.31. The van der Waals surface area contributed by atoms with Crippen molar-refractivity contribution in [2.24, 2.45) is 10.2 Å². The predicted octanol–water partition coefficient (Wildman–Crippen LogP) is 1.10. The smallest absolute Gasteiger partial charge is 0.220 e. The lowest BCUT2D eigenvalue weighted by Crippen LogP contribution is -2.37. The third kappa shape index (κ3) is 2.77. The first-order chi connectivity index (χ1) is 7.09. The average Bonchev–Trinajstić information content (AvgIpc) is 2.80. The van der Waals surface area contributed by atoms with Crippen molar-refractivity contribution in [3.63, 3.8) is 0 Å². The molecule has 1 amide bonds. The molecule has 1 unspecified atom stereocenters. The molecule has 82 valence electrons. The van der Waals surface area contributed by atoms with Crippen LogP contribution in [0.3, 0.4) is 0 Å². The van der Waals surface area contributed by atoms with E-state index in [4.69, 9.17) is 0 Å². The third-order valence-corrected chi connectivity index (χ3v) is 3.55. The van der Waals surface area contributed by atoms with E-state index in [0.717, 1.165) is 12.2 Å². The summed E-state index contributed by atoms with van der Waals surface area (Å²) in [5.74, 6) is 0.737. The summed E-state index contributed by atoms with van der Waals surface area (Å²) in [4.78, 5) is 22.7. The van der Waals surface area contributed by atoms with E-state index >= 15 is 0 Å². The van der Waals surface area contributed by atoms with Crippen molar-refractivity contribution in [2.45, 2.75) is 37.9 Å². The van der Waals surface area contributed by atoms with E-state index in [-0.39, 0.29) is 22.7 Å². The number of thioether (sulfide) groups is 1. The van der Waals surface area contributed by atoms with E-state index in [2.05, 4.69) is 15.5 Å². The first kappa shape index (κ1) is 10.6. The zero-order chi connectivity index (χ0) is 10.9. The van der Waals surface area contributed by atoms with Gasteiger partial charge >= 0.3 is 0 Å². The minimum Gasteiger partial charge on any atom is -0.345 e. The van der Waals surface area contributed by atoms with E-state index in [1.165, 1.54) is 11.8 Å². The highest BCUT2D eigenvalue weighted by Gasteiger charge is 2.34. The van der Waals surface area contributed by atoms with Crippen molar-refractivity contribution in [3.8, 4) is 0 Å². The van der Waals surface area contributed by atoms with Gasteiger partial charge in [-0.05, 0) is 13.3 Å². The number of nitrogens with one attached hydrogen (secondary N) is 1. The van der Waals surface area contributed by atoms with E-state index in [0.29, 0.717) is 12.8 Å². The van der Waals surface area contributed by atoms with Gasteiger partial charge in [-0.1, -0.05) is 11.8 Å². The van der Waals surface area contributed by atoms with Gasteiger partial charge in [0.1, 0.15) is 0 Å². The molecule has 2 heterocycles. The fourth-order valence-corrected chi connectivity index (χ4v) is 2.36. The van der Waals surface area contributed by atoms with Crippen LogP contribution in [-0.2, 0) is 9.59 Å². The van der Waals surface area contributed by atoms with Crippen LogP contribution in [0, 0.1) is 0 Å². The Morgan fingerprint density at radius 2 is 2.40 bits per heavy atom. The van der Waals surface area contributed by atoms with Crippen molar-refractivity contribution in [3.05, 3.63) is 0 Å². The summed E-state index contributed by atoms with van der Waals surface area (Å²) >= 11 is 1.29. The topological polar surface area (TPSA) is 70.9 Å². The number of hydrogen-bond donors (Lipinski definition) is 1. The Bertz CT molecular complexity index is 323. The van der Waals surface area contributed by atoms with E-state index < -0.39 is 0 Å². The predicted molar refractivity (Wildman–Crippen MR) is 56.5 cm³/mol. The lowest BCUT2D eigenvalue weighted by molar-refractivity contribution is -0.124. The summed E-state index contributed by atoms with van der Waals surface area (Å²) in [6, 6.07) is -0.275. The van der Waals surface area contributed by atoms with Crippen LogP contribution in [-0.4, -0.2) is 28.5 Å². The molecule has 1 saturated heterocycles. The first-order valence-electron chi connectivity index (χ1n) is 4.99. The van der Waals surface area contributed by atoms with Gasteiger partial charge in [0.05, 0.1) is 6.04 Å². The zero-order valence-corrected chi connectivity index (χ0v) is 9.34. The number of nitrogens with zero attached hydrogens (tertiary/aromatic N) is 2. The molecule has 0 aliphatic carbocycles. The molecule has 1 N–H and O–H groups in total. The molecule has 2 rings (SSSR count). The molecule has 1 fully saturated rings. The molecule has 5 nitrogen and oxygen atoms in total. The van der Waals surface area contributed by atoms with Crippen molar-refractivity contribution in [1.29, 1.82) is 0 Å². The second kappa shape index (κ2) is 3.92. The first-order valence-corrected chi connectivity index (χ1v) is 5.98. The number of amides is 1. The second-order valence-electron chi connectivity index (χ2n) is 3.99. The number of carbonyl (C=O) groups excluding carboxylic acids is 2. The van der Waals surface area contributed by atoms with Crippen molar-refractivity contribution in [1.82, 2.24) is 5.32 Å². The van der Waals surface area contributed by atoms with Gasteiger partial charge in [0, 0.05) is 18.6 Å². The SMILES string of the molecule is CC1(CCC(=O)NC2CCSC2=O)N=N1. The van der Waals surface area contributed by atoms with Crippen LogP contribution in [0.15, 0.2) is 10.2 Å². The maximum Gasteiger partial charge on any atom is 0.220 e. The van der Waals surface area contributed by atoms with Crippen LogP contribution in [0.4, 0.5) is 0 Å². The van der Waals surface area contributed by atoms with Crippen molar-refractivity contribution >= 4 is 22.8 Å². The van der Waals surface area contributed by atoms with Crippen LogP contribution >= 0.6 is 11.8 Å². The highest BCUT2D eigenvalue weighted by molar-refractivity contribution is 8.14. The summed E-state index contributed by atoms with van der Waals surface area (Å²) in [7, 11) is 0. The molecule has 2 aliphatic heterocycles. The molecule has 0 spiro atoms. The Labute approximate surface area is 92.1 Å². The van der Waals surface area contributed by atoms with Crippen molar-refractivity contribution < 1.29 is 9.59 Å². The van der Waals surface area contributed by atoms with E-state index in [1.807, 2.05) is 6.92 Å². The van der Waals surface area contributed by atoms with Crippen LogP contribution in [0.25, 0.3) is 0 Å². The lowest BCUT2D eigenvalue weighted by Gasteiger charge is -2.10. The third-order valence-electron chi connectivity index (χ3n) is 2.54. The van der Waals surface area contributed by atoms with Crippen LogP contribution < -0.4 is 5.32 Å². The molecule has 0 radical (unpaired) electrons. The summed E-state index contributed by atoms with van der Waals surface area (Å²) in [5.41, 5.74) is -0.328. The molecule has 0 aromatic carbocycles. The largest absolute Gasteiger partial charge is 0.345 e. The van der Waals surface area contributed by atoms with Gasteiger partial charge in [-0.15, -0.1) is 0 Å². The Balaban J connectivity index is 1.70. The lowest BCUT2D eigenvalue weighted by atomic mass is 10.1. The van der Waals surface area contributed by atoms with Gasteiger partial charge in [-0.3, -0.25) is 9.59 Å². The van der Waals surface area contributed by atoms with E-state index in [9.17, 15) is 9.59 Å². The van der Waals surface area contributed by atoms with Gasteiger partial charge in [0.2, 0.25) is 11.0 Å². The number of rotatable bonds is 4. The Morgan fingerprint density at radius 3 is 2.93 bits per heavy atom. The maximum atomic E-state index is 11.5. The second-order valence-corrected chi connectivity index (χ2v) is 5.09. The number of carbonyl (C=O) groups is 2. The summed E-state index contributed by atoms with van der Waals surface area (Å²) in [5, 5.41) is 10.5. The molecule has 0 aromatic rings. The standard InChI is InChI=1S/C9H13N3O2S/c1-9(11-12-9)4-2-7(13)10-6-3-5-15-8(6)14/h6H,2-5H2,1H3,(H,10,13). The van der Waals surface area contributed by atoms with Crippen LogP contribution in [0.1, 0.15) is 26.2 Å². The normalized spacial score (nSPS) is 26.7. The van der Waals surface area contributed by atoms with Gasteiger partial charge in [-0.2, -0.15) is 10.2 Å². The molecule has 0 bridgehead atoms. The minimum absolute atomic E-state index is 0.0747. The fourth-order valence-electron chi connectivity index (χ4n) is 1.43. The Kier molecular flexibility index (Phi) is 2.77. The van der Waals surface area contributed by atoms with Crippen LogP contribution in [0.2, 0.25) is 0 Å². The summed E-state index contributed by atoms with van der Waals surface area (Å²) in [6.45, 7) is 1.89. The monoisotopic (exact) mass is 227 g/mol. The zero-order valence-electron chi connectivity index (χ0n) is 8.52. The molecule has 6 heteroatoms. The molecule has 0 aromatic heterocycles. The quantitative estimate of drug-likeness (QED) is 0.781. The molecule has 1 atom stereocenters. The Morgan fingerprint density at radius 1 is 1.67 bits per heavy atom. The highest BCUT2D eigenvalue weighted by atomic mass is 32.2. The van der Waals surface area contributed by atoms with Crippen molar-refractivity contribution in [2.75, 3.05) is 5.75 Å². The minimum atomic E-state index is -0.328. The molecule has 2 aliphatic rings. The number of hydrogen-bond acceptors (Lipinski definition) is 5. The van der Waals surface area contributed by atoms with E-state index in [1.54, 1.807) is 0 Å². The molecular formula is C9H13N3O2S. The molecular weight excluding hydrogens is 214 g/mol. The van der Waals surface area contributed by atoms with Gasteiger partial charge < -0.3 is 5.32 Å². The Hall–Kier alpha value is -0.910. The molecule has 0 saturated carbocycles. The summed E-state index contributed by atoms with van der Waals surface area (Å²) in [6.07, 6.45) is 1.77.